The van der Waals surface area contributed by atoms with E-state index in [2.05, 4.69) is 15.9 Å². The number of rotatable bonds is 5. The van der Waals surface area contributed by atoms with Crippen molar-refractivity contribution >= 4 is 21.7 Å². The molecule has 0 spiro atoms. The lowest BCUT2D eigenvalue weighted by atomic mass is 10.0. The Balaban J connectivity index is 2.44. The van der Waals surface area contributed by atoms with Crippen LogP contribution >= 0.6 is 15.9 Å². The summed E-state index contributed by atoms with van der Waals surface area (Å²) in [4.78, 5) is 12.6. The highest BCUT2D eigenvalue weighted by Crippen LogP contribution is 2.28. The second kappa shape index (κ2) is 6.63. The highest BCUT2D eigenvalue weighted by molar-refractivity contribution is 9.10. The summed E-state index contributed by atoms with van der Waals surface area (Å²) in [5.74, 6) is 1.70. The molecular weight excluding hydrogens is 336 g/mol. The minimum Gasteiger partial charge on any atom is -0.497 e. The molecule has 0 heterocycles. The van der Waals surface area contributed by atoms with Gasteiger partial charge in [0.1, 0.15) is 17.2 Å². The molecule has 0 radical (unpaired) electrons. The van der Waals surface area contributed by atoms with Crippen LogP contribution in [0.4, 0.5) is 0 Å². The standard InChI is InChI=1S/C16H15BrO4/c1-19-11-4-5-14(15(17)9-11)16(18)10-6-12(20-2)8-13(7-10)21-3/h4-9H,1-3H3. The van der Waals surface area contributed by atoms with E-state index < -0.39 is 0 Å². The Kier molecular flexibility index (Phi) is 4.85. The van der Waals surface area contributed by atoms with E-state index in [0.717, 1.165) is 0 Å². The zero-order valence-corrected chi connectivity index (χ0v) is 13.6. The van der Waals surface area contributed by atoms with Gasteiger partial charge in [0.15, 0.2) is 5.78 Å². The smallest absolute Gasteiger partial charge is 0.194 e. The second-order valence-corrected chi connectivity index (χ2v) is 5.13. The molecule has 0 saturated heterocycles. The van der Waals surface area contributed by atoms with Gasteiger partial charge in [-0.1, -0.05) is 0 Å². The molecule has 2 rings (SSSR count). The third-order valence-corrected chi connectivity index (χ3v) is 3.69. The van der Waals surface area contributed by atoms with E-state index in [9.17, 15) is 4.79 Å². The molecule has 0 aromatic heterocycles. The first-order valence-corrected chi connectivity index (χ1v) is 6.99. The summed E-state index contributed by atoms with van der Waals surface area (Å²) < 4.78 is 16.2. The number of hydrogen-bond acceptors (Lipinski definition) is 4. The first kappa shape index (κ1) is 15.4. The fourth-order valence-electron chi connectivity index (χ4n) is 1.90. The van der Waals surface area contributed by atoms with Crippen LogP contribution in [0.15, 0.2) is 40.9 Å². The van der Waals surface area contributed by atoms with Crippen molar-refractivity contribution in [2.75, 3.05) is 21.3 Å². The van der Waals surface area contributed by atoms with Crippen LogP contribution in [0.2, 0.25) is 0 Å². The number of halogens is 1. The molecule has 0 aliphatic carbocycles. The van der Waals surface area contributed by atoms with Gasteiger partial charge in [-0.15, -0.1) is 0 Å². The Labute approximate surface area is 131 Å². The Morgan fingerprint density at radius 2 is 1.43 bits per heavy atom. The zero-order chi connectivity index (χ0) is 15.4. The fourth-order valence-corrected chi connectivity index (χ4v) is 2.44. The van der Waals surface area contributed by atoms with E-state index >= 15 is 0 Å². The first-order chi connectivity index (χ1) is 10.1. The Morgan fingerprint density at radius 1 is 0.857 bits per heavy atom. The van der Waals surface area contributed by atoms with Crippen molar-refractivity contribution in [3.8, 4) is 17.2 Å². The van der Waals surface area contributed by atoms with Gasteiger partial charge in [0.2, 0.25) is 0 Å². The lowest BCUT2D eigenvalue weighted by Gasteiger charge is -2.09. The molecule has 0 aliphatic heterocycles. The molecule has 110 valence electrons. The molecule has 21 heavy (non-hydrogen) atoms. The SMILES string of the molecule is COc1cc(OC)cc(C(=O)c2ccc(OC)cc2Br)c1. The third-order valence-electron chi connectivity index (χ3n) is 3.03. The summed E-state index contributed by atoms with van der Waals surface area (Å²) in [5, 5.41) is 0. The fraction of sp³-hybridized carbons (Fsp3) is 0.188. The molecule has 0 bridgehead atoms. The topological polar surface area (TPSA) is 44.8 Å². The monoisotopic (exact) mass is 350 g/mol. The van der Waals surface area contributed by atoms with E-state index in [1.165, 1.54) is 0 Å². The Bertz CT molecular complexity index is 645. The average Bonchev–Trinajstić information content (AvgIpc) is 2.53. The van der Waals surface area contributed by atoms with Crippen LogP contribution in [-0.2, 0) is 0 Å². The summed E-state index contributed by atoms with van der Waals surface area (Å²) >= 11 is 3.39. The maximum atomic E-state index is 12.6. The Morgan fingerprint density at radius 3 is 1.90 bits per heavy atom. The predicted octanol–water partition coefficient (Wildman–Crippen LogP) is 3.71. The van der Waals surface area contributed by atoms with Crippen LogP contribution in [0.1, 0.15) is 15.9 Å². The molecule has 0 atom stereocenters. The number of methoxy groups -OCH3 is 3. The summed E-state index contributed by atoms with van der Waals surface area (Å²) in [6.45, 7) is 0. The molecule has 0 aliphatic rings. The molecular formula is C16H15BrO4. The number of carbonyl (C=O) groups is 1. The number of carbonyl (C=O) groups excluding carboxylic acids is 1. The van der Waals surface area contributed by atoms with E-state index in [4.69, 9.17) is 14.2 Å². The summed E-state index contributed by atoms with van der Waals surface area (Å²) in [7, 11) is 4.68. The average molecular weight is 351 g/mol. The van der Waals surface area contributed by atoms with Crippen molar-refractivity contribution in [2.45, 2.75) is 0 Å². The maximum absolute atomic E-state index is 12.6. The van der Waals surface area contributed by atoms with Gasteiger partial charge in [0.25, 0.3) is 0 Å². The van der Waals surface area contributed by atoms with Crippen molar-refractivity contribution in [3.05, 3.63) is 52.0 Å². The zero-order valence-electron chi connectivity index (χ0n) is 12.0. The molecule has 0 fully saturated rings. The van der Waals surface area contributed by atoms with Crippen LogP contribution in [0.5, 0.6) is 17.2 Å². The molecule has 0 unspecified atom stereocenters. The Hall–Kier alpha value is -2.01. The van der Waals surface area contributed by atoms with E-state index in [1.54, 1.807) is 57.7 Å². The van der Waals surface area contributed by atoms with Gasteiger partial charge < -0.3 is 14.2 Å². The molecule has 2 aromatic carbocycles. The molecule has 5 heteroatoms. The maximum Gasteiger partial charge on any atom is 0.194 e. The van der Waals surface area contributed by atoms with Crippen molar-refractivity contribution in [1.82, 2.24) is 0 Å². The number of ketones is 1. The summed E-state index contributed by atoms with van der Waals surface area (Å²) in [6, 6.07) is 10.3. The van der Waals surface area contributed by atoms with Crippen LogP contribution in [0.3, 0.4) is 0 Å². The van der Waals surface area contributed by atoms with Crippen molar-refractivity contribution < 1.29 is 19.0 Å². The van der Waals surface area contributed by atoms with E-state index in [0.29, 0.717) is 32.8 Å². The largest absolute Gasteiger partial charge is 0.497 e. The molecule has 0 amide bonds. The van der Waals surface area contributed by atoms with Crippen LogP contribution < -0.4 is 14.2 Å². The summed E-state index contributed by atoms with van der Waals surface area (Å²) in [6.07, 6.45) is 0. The van der Waals surface area contributed by atoms with Gasteiger partial charge in [-0.05, 0) is 46.3 Å². The molecule has 4 nitrogen and oxygen atoms in total. The van der Waals surface area contributed by atoms with Gasteiger partial charge in [-0.3, -0.25) is 4.79 Å². The van der Waals surface area contributed by atoms with Crippen molar-refractivity contribution in [1.29, 1.82) is 0 Å². The van der Waals surface area contributed by atoms with Crippen LogP contribution in [0.25, 0.3) is 0 Å². The van der Waals surface area contributed by atoms with Gasteiger partial charge in [0, 0.05) is 21.7 Å². The number of hydrogen-bond donors (Lipinski definition) is 0. The lowest BCUT2D eigenvalue weighted by Crippen LogP contribution is -2.03. The first-order valence-electron chi connectivity index (χ1n) is 6.20. The van der Waals surface area contributed by atoms with E-state index in [1.807, 2.05) is 0 Å². The molecule has 0 saturated carbocycles. The minimum atomic E-state index is -0.123. The second-order valence-electron chi connectivity index (χ2n) is 4.28. The predicted molar refractivity (Wildman–Crippen MR) is 83.7 cm³/mol. The highest BCUT2D eigenvalue weighted by Gasteiger charge is 2.15. The number of benzene rings is 2. The van der Waals surface area contributed by atoms with E-state index in [-0.39, 0.29) is 5.78 Å². The van der Waals surface area contributed by atoms with Gasteiger partial charge in [0.05, 0.1) is 21.3 Å². The highest BCUT2D eigenvalue weighted by atomic mass is 79.9. The third kappa shape index (κ3) is 3.36. The molecule has 0 N–H and O–H groups in total. The van der Waals surface area contributed by atoms with Gasteiger partial charge in [-0.2, -0.15) is 0 Å². The number of ether oxygens (including phenoxy) is 3. The van der Waals surface area contributed by atoms with Crippen molar-refractivity contribution in [3.63, 3.8) is 0 Å². The quantitative estimate of drug-likeness (QED) is 0.771. The lowest BCUT2D eigenvalue weighted by molar-refractivity contribution is 0.103. The molecule has 2 aromatic rings. The van der Waals surface area contributed by atoms with Crippen LogP contribution in [0, 0.1) is 0 Å². The van der Waals surface area contributed by atoms with Gasteiger partial charge in [-0.25, -0.2) is 0 Å². The normalized spacial score (nSPS) is 10.1. The van der Waals surface area contributed by atoms with Crippen molar-refractivity contribution in [2.24, 2.45) is 0 Å². The summed E-state index contributed by atoms with van der Waals surface area (Å²) in [5.41, 5.74) is 1.04. The van der Waals surface area contributed by atoms with Gasteiger partial charge >= 0.3 is 0 Å². The minimum absolute atomic E-state index is 0.123. The van der Waals surface area contributed by atoms with Crippen LogP contribution in [-0.4, -0.2) is 27.1 Å².